The molecule has 76 valence electrons. The van der Waals surface area contributed by atoms with Gasteiger partial charge >= 0.3 is 0 Å². The molecule has 2 aliphatic rings. The maximum atomic E-state index is 4.49. The van der Waals surface area contributed by atoms with Crippen LogP contribution in [-0.2, 0) is 13.0 Å². The van der Waals surface area contributed by atoms with Crippen LogP contribution in [0.15, 0.2) is 0 Å². The zero-order valence-corrected chi connectivity index (χ0v) is 8.64. The second-order valence-corrected chi connectivity index (χ2v) is 4.68. The zero-order valence-electron chi connectivity index (χ0n) is 8.64. The lowest BCUT2D eigenvalue weighted by Crippen LogP contribution is -2.33. The lowest BCUT2D eigenvalue weighted by atomic mass is 9.80. The topological polar surface area (TPSA) is 40.7 Å². The summed E-state index contributed by atoms with van der Waals surface area (Å²) >= 11 is 0. The van der Waals surface area contributed by atoms with E-state index in [1.165, 1.54) is 36.2 Å². The number of rotatable bonds is 1. The van der Waals surface area contributed by atoms with Crippen molar-refractivity contribution >= 4 is 0 Å². The van der Waals surface area contributed by atoms with Crippen molar-refractivity contribution in [3.8, 4) is 0 Å². The van der Waals surface area contributed by atoms with Gasteiger partial charge < -0.3 is 5.32 Å². The summed E-state index contributed by atoms with van der Waals surface area (Å²) in [6.45, 7) is 3.24. The molecule has 1 saturated carbocycles. The van der Waals surface area contributed by atoms with Crippen molar-refractivity contribution in [2.24, 2.45) is 0 Å². The smallest absolute Gasteiger partial charge is 0.0700 e. The third-order valence-electron chi connectivity index (χ3n) is 3.61. The fourth-order valence-corrected chi connectivity index (χ4v) is 2.46. The van der Waals surface area contributed by atoms with Gasteiger partial charge in [-0.3, -0.25) is 5.10 Å². The van der Waals surface area contributed by atoms with E-state index in [-0.39, 0.29) is 0 Å². The molecule has 3 heteroatoms. The van der Waals surface area contributed by atoms with E-state index in [0.29, 0.717) is 6.04 Å². The van der Waals surface area contributed by atoms with Crippen LogP contribution in [-0.4, -0.2) is 16.2 Å². The van der Waals surface area contributed by atoms with Crippen molar-refractivity contribution < 1.29 is 0 Å². The fourth-order valence-electron chi connectivity index (χ4n) is 2.46. The molecule has 1 fully saturated rings. The quantitative estimate of drug-likeness (QED) is 0.709. The van der Waals surface area contributed by atoms with Crippen LogP contribution in [0.5, 0.6) is 0 Å². The first-order chi connectivity index (χ1) is 6.84. The van der Waals surface area contributed by atoms with Gasteiger partial charge in [0.15, 0.2) is 0 Å². The normalized spacial score (nSPS) is 27.1. The fraction of sp³-hybridized carbons (Fsp3) is 0.727. The van der Waals surface area contributed by atoms with Crippen LogP contribution in [0.1, 0.15) is 49.1 Å². The Morgan fingerprint density at radius 1 is 1.36 bits per heavy atom. The number of H-pyrrole nitrogens is 1. The number of nitrogens with zero attached hydrogens (tertiary/aromatic N) is 1. The molecule has 1 unspecified atom stereocenters. The van der Waals surface area contributed by atoms with E-state index in [1.807, 2.05) is 0 Å². The molecule has 1 atom stereocenters. The number of aromatic amines is 1. The van der Waals surface area contributed by atoms with Gasteiger partial charge in [0.2, 0.25) is 0 Å². The van der Waals surface area contributed by atoms with Crippen molar-refractivity contribution in [2.45, 2.75) is 51.1 Å². The lowest BCUT2D eigenvalue weighted by Gasteiger charge is -2.26. The molecular formula is C11H17N3. The van der Waals surface area contributed by atoms with E-state index >= 15 is 0 Å². The summed E-state index contributed by atoms with van der Waals surface area (Å²) < 4.78 is 0. The first kappa shape index (κ1) is 8.48. The van der Waals surface area contributed by atoms with Gasteiger partial charge in [-0.25, -0.2) is 0 Å². The van der Waals surface area contributed by atoms with Gasteiger partial charge in [-0.15, -0.1) is 0 Å². The summed E-state index contributed by atoms with van der Waals surface area (Å²) in [6.07, 6.45) is 5.17. The Kier molecular flexibility index (Phi) is 1.87. The Hall–Kier alpha value is -0.830. The predicted molar refractivity (Wildman–Crippen MR) is 55.2 cm³/mol. The Bertz CT molecular complexity index is 338. The van der Waals surface area contributed by atoms with Crippen LogP contribution in [0.3, 0.4) is 0 Å². The van der Waals surface area contributed by atoms with Crippen molar-refractivity contribution in [1.29, 1.82) is 0 Å². The van der Waals surface area contributed by atoms with Gasteiger partial charge in [-0.1, -0.05) is 6.42 Å². The van der Waals surface area contributed by atoms with Crippen LogP contribution in [0.4, 0.5) is 0 Å². The maximum absolute atomic E-state index is 4.49. The largest absolute Gasteiger partial charge is 0.310 e. The van der Waals surface area contributed by atoms with Crippen LogP contribution >= 0.6 is 0 Å². The van der Waals surface area contributed by atoms with Crippen LogP contribution in [0.25, 0.3) is 0 Å². The van der Waals surface area contributed by atoms with Gasteiger partial charge in [0.25, 0.3) is 0 Å². The SMILES string of the molecule is CC1Cc2[nH]nc(C3CCC3)c2CN1. The number of fused-ring (bicyclic) bond motifs is 1. The number of aromatic nitrogens is 2. The molecule has 1 aliphatic carbocycles. The second kappa shape index (κ2) is 3.09. The van der Waals surface area contributed by atoms with E-state index in [0.717, 1.165) is 18.9 Å². The van der Waals surface area contributed by atoms with Gasteiger partial charge in [0, 0.05) is 36.2 Å². The first-order valence-corrected chi connectivity index (χ1v) is 5.64. The Labute approximate surface area is 84.3 Å². The van der Waals surface area contributed by atoms with E-state index < -0.39 is 0 Å². The van der Waals surface area contributed by atoms with Crippen molar-refractivity contribution in [3.05, 3.63) is 17.0 Å². The highest BCUT2D eigenvalue weighted by Crippen LogP contribution is 2.38. The Morgan fingerprint density at radius 2 is 2.21 bits per heavy atom. The molecule has 1 aromatic rings. The molecule has 0 saturated heterocycles. The third-order valence-corrected chi connectivity index (χ3v) is 3.61. The Balaban J connectivity index is 1.91. The van der Waals surface area contributed by atoms with Crippen molar-refractivity contribution in [1.82, 2.24) is 15.5 Å². The molecule has 2 N–H and O–H groups in total. The monoisotopic (exact) mass is 191 g/mol. The van der Waals surface area contributed by atoms with Crippen LogP contribution in [0.2, 0.25) is 0 Å². The zero-order chi connectivity index (χ0) is 9.54. The minimum Gasteiger partial charge on any atom is -0.310 e. The molecule has 1 aromatic heterocycles. The van der Waals surface area contributed by atoms with Gasteiger partial charge in [-0.2, -0.15) is 5.10 Å². The molecule has 0 amide bonds. The molecule has 1 aliphatic heterocycles. The minimum absolute atomic E-state index is 0.595. The van der Waals surface area contributed by atoms with Crippen molar-refractivity contribution in [3.63, 3.8) is 0 Å². The van der Waals surface area contributed by atoms with Gasteiger partial charge in [0.1, 0.15) is 0 Å². The standard InChI is InChI=1S/C11H17N3/c1-7-5-10-9(6-12-7)11(14-13-10)8-3-2-4-8/h7-8,12H,2-6H2,1H3,(H,13,14). The number of nitrogens with one attached hydrogen (secondary N) is 2. The number of hydrogen-bond acceptors (Lipinski definition) is 2. The Morgan fingerprint density at radius 3 is 2.93 bits per heavy atom. The second-order valence-electron chi connectivity index (χ2n) is 4.68. The van der Waals surface area contributed by atoms with Crippen molar-refractivity contribution in [2.75, 3.05) is 0 Å². The highest BCUT2D eigenvalue weighted by Gasteiger charge is 2.28. The third kappa shape index (κ3) is 1.19. The number of hydrogen-bond donors (Lipinski definition) is 2. The predicted octanol–water partition coefficient (Wildman–Crippen LogP) is 1.71. The molecule has 3 rings (SSSR count). The average Bonchev–Trinajstić information content (AvgIpc) is 2.45. The summed E-state index contributed by atoms with van der Waals surface area (Å²) in [5, 5.41) is 11.2. The summed E-state index contributed by atoms with van der Waals surface area (Å²) in [6, 6.07) is 0.595. The van der Waals surface area contributed by atoms with Gasteiger partial charge in [-0.05, 0) is 19.8 Å². The molecule has 2 heterocycles. The molecule has 14 heavy (non-hydrogen) atoms. The summed E-state index contributed by atoms with van der Waals surface area (Å²) in [4.78, 5) is 0. The molecule has 0 aromatic carbocycles. The van der Waals surface area contributed by atoms with E-state index in [9.17, 15) is 0 Å². The highest BCUT2D eigenvalue weighted by molar-refractivity contribution is 5.31. The van der Waals surface area contributed by atoms with E-state index in [1.54, 1.807) is 0 Å². The maximum Gasteiger partial charge on any atom is 0.0700 e. The minimum atomic E-state index is 0.595. The van der Waals surface area contributed by atoms with E-state index in [2.05, 4.69) is 22.4 Å². The van der Waals surface area contributed by atoms with Gasteiger partial charge in [0.05, 0.1) is 5.69 Å². The average molecular weight is 191 g/mol. The van der Waals surface area contributed by atoms with E-state index in [4.69, 9.17) is 0 Å². The lowest BCUT2D eigenvalue weighted by molar-refractivity contribution is 0.405. The van der Waals surface area contributed by atoms with Crippen LogP contribution in [0, 0.1) is 0 Å². The summed E-state index contributed by atoms with van der Waals surface area (Å²) in [5.41, 5.74) is 4.19. The first-order valence-electron chi connectivity index (χ1n) is 5.64. The highest BCUT2D eigenvalue weighted by atomic mass is 15.1. The molecule has 0 radical (unpaired) electrons. The summed E-state index contributed by atoms with van der Waals surface area (Å²) in [5.74, 6) is 0.755. The molecule has 0 spiro atoms. The molecule has 3 nitrogen and oxygen atoms in total. The molecule has 0 bridgehead atoms. The molecular weight excluding hydrogens is 174 g/mol. The summed E-state index contributed by atoms with van der Waals surface area (Å²) in [7, 11) is 0. The van der Waals surface area contributed by atoms with Crippen LogP contribution < -0.4 is 5.32 Å².